The Bertz CT molecular complexity index is 577. The molecule has 188 valence electrons. The molecular formula is C16H50O7Si8. The highest BCUT2D eigenvalue weighted by Gasteiger charge is 2.48. The van der Waals surface area contributed by atoms with Crippen LogP contribution in [0.4, 0.5) is 0 Å². The van der Waals surface area contributed by atoms with Crippen LogP contribution in [-0.2, 0) is 28.8 Å². The molecule has 0 spiro atoms. The molecule has 0 heterocycles. The molecule has 0 radical (unpaired) electrons. The zero-order valence-electron chi connectivity index (χ0n) is 23.1. The minimum atomic E-state index is -2.50. The third-order valence-electron chi connectivity index (χ3n) is 3.50. The van der Waals surface area contributed by atoms with Gasteiger partial charge in [0.1, 0.15) is 9.76 Å². The van der Waals surface area contributed by atoms with E-state index in [9.17, 15) is 0 Å². The van der Waals surface area contributed by atoms with Crippen LogP contribution in [0.1, 0.15) is 0 Å². The van der Waals surface area contributed by atoms with Gasteiger partial charge in [0.25, 0.3) is 0 Å². The number of hydrogen-bond donors (Lipinski definition) is 0. The molecule has 0 saturated carbocycles. The highest BCUT2D eigenvalue weighted by atomic mass is 28.5. The van der Waals surface area contributed by atoms with Crippen LogP contribution in [0.15, 0.2) is 0 Å². The molecule has 0 bridgehead atoms. The zero-order valence-corrected chi connectivity index (χ0v) is 31.5. The Balaban J connectivity index is 5.19. The van der Waals surface area contributed by atoms with Gasteiger partial charge >= 0.3 is 51.4 Å². The Labute approximate surface area is 202 Å². The molecule has 0 aliphatic carbocycles. The first-order valence-corrected chi connectivity index (χ1v) is 33.4. The SMILES string of the molecule is C[SiH2]O[Si](C)(C)O[Si](C)(C)O[Si](C)(C)O[Si](C)(C)O[Si](C)(C)O[Si](C)(C)O[Si](C)(C)C. The smallest absolute Gasteiger partial charge is 0.314 e. The first kappa shape index (κ1) is 32.5. The normalized spacial score (nSPS) is 15.9. The van der Waals surface area contributed by atoms with E-state index in [4.69, 9.17) is 28.8 Å². The van der Waals surface area contributed by atoms with Crippen molar-refractivity contribution in [3.05, 3.63) is 0 Å². The molecular weight excluding hydrogens is 529 g/mol. The second kappa shape index (κ2) is 11.0. The summed E-state index contributed by atoms with van der Waals surface area (Å²) < 4.78 is 45.0. The monoisotopic (exact) mass is 578 g/mol. The predicted octanol–water partition coefficient (Wildman–Crippen LogP) is 5.28. The third kappa shape index (κ3) is 15.9. The van der Waals surface area contributed by atoms with E-state index in [2.05, 4.69) is 105 Å². The molecule has 0 aromatic heterocycles. The van der Waals surface area contributed by atoms with Crippen LogP contribution in [0, 0.1) is 0 Å². The van der Waals surface area contributed by atoms with Gasteiger partial charge in [0, 0.05) is 0 Å². The summed E-state index contributed by atoms with van der Waals surface area (Å²) in [5.41, 5.74) is 0. The van der Waals surface area contributed by atoms with E-state index in [1.807, 2.05) is 0 Å². The molecule has 0 rings (SSSR count). The molecule has 0 atom stereocenters. The van der Waals surface area contributed by atoms with Crippen molar-refractivity contribution in [1.82, 2.24) is 0 Å². The standard InChI is InChI=1S/C16H50O7Si8/c1-24-17-26(5,6)19-28(9,10)21-30(13,14)23-31(15,16)22-29(11,12)20-27(7,8)18-25(2,3)4/h24H2,1-16H3. The first-order valence-electron chi connectivity index (χ1n) is 11.1. The van der Waals surface area contributed by atoms with Gasteiger partial charge in [-0.2, -0.15) is 0 Å². The van der Waals surface area contributed by atoms with E-state index in [0.29, 0.717) is 0 Å². The molecule has 0 fully saturated rings. The van der Waals surface area contributed by atoms with Gasteiger partial charge in [-0.05, 0) is 98.2 Å². The fraction of sp³-hybridized carbons (Fsp3) is 1.00. The third-order valence-corrected chi connectivity index (χ3v) is 31.5. The van der Waals surface area contributed by atoms with Crippen LogP contribution in [-0.4, -0.2) is 69.4 Å². The topological polar surface area (TPSA) is 64.6 Å². The Kier molecular flexibility index (Phi) is 11.5. The van der Waals surface area contributed by atoms with Crippen molar-refractivity contribution in [3.63, 3.8) is 0 Å². The van der Waals surface area contributed by atoms with Crippen LogP contribution < -0.4 is 0 Å². The van der Waals surface area contributed by atoms with Crippen molar-refractivity contribution < 1.29 is 28.8 Å². The van der Waals surface area contributed by atoms with Gasteiger partial charge in [-0.15, -0.1) is 0 Å². The summed E-state index contributed by atoms with van der Waals surface area (Å²) in [4.78, 5) is 0. The summed E-state index contributed by atoms with van der Waals surface area (Å²) in [6, 6.07) is 0. The molecule has 0 aromatic rings. The van der Waals surface area contributed by atoms with Crippen LogP contribution >= 0.6 is 0 Å². The summed E-state index contributed by atoms with van der Waals surface area (Å²) in [7, 11) is -16.5. The minimum absolute atomic E-state index is 0.517. The van der Waals surface area contributed by atoms with Gasteiger partial charge < -0.3 is 28.8 Å². The van der Waals surface area contributed by atoms with Gasteiger partial charge in [-0.3, -0.25) is 0 Å². The van der Waals surface area contributed by atoms with Crippen molar-refractivity contribution in [2.24, 2.45) is 0 Å². The lowest BCUT2D eigenvalue weighted by Gasteiger charge is -2.43. The molecule has 0 amide bonds. The fourth-order valence-corrected chi connectivity index (χ4v) is 40.0. The lowest BCUT2D eigenvalue weighted by atomic mass is 11.8. The van der Waals surface area contributed by atoms with Crippen LogP contribution in [0.3, 0.4) is 0 Å². The van der Waals surface area contributed by atoms with E-state index in [0.717, 1.165) is 0 Å². The Hall–Kier alpha value is 1.46. The van der Waals surface area contributed by atoms with Gasteiger partial charge in [0.15, 0.2) is 8.32 Å². The first-order chi connectivity index (χ1) is 13.3. The van der Waals surface area contributed by atoms with E-state index in [1.54, 1.807) is 0 Å². The average Bonchev–Trinajstić information content (AvgIpc) is 2.24. The Morgan fingerprint density at radius 1 is 0.355 bits per heavy atom. The lowest BCUT2D eigenvalue weighted by Crippen LogP contribution is -2.61. The highest BCUT2D eigenvalue weighted by molar-refractivity contribution is 6.91. The molecule has 0 aliphatic heterocycles. The Morgan fingerprint density at radius 3 is 0.806 bits per heavy atom. The second-order valence-electron chi connectivity index (χ2n) is 11.6. The van der Waals surface area contributed by atoms with Gasteiger partial charge in [0.05, 0.1) is 0 Å². The van der Waals surface area contributed by atoms with E-state index in [1.165, 1.54) is 0 Å². The van der Waals surface area contributed by atoms with Gasteiger partial charge in [-0.1, -0.05) is 6.55 Å². The number of hydrogen-bond acceptors (Lipinski definition) is 7. The van der Waals surface area contributed by atoms with Crippen molar-refractivity contribution in [1.29, 1.82) is 0 Å². The zero-order chi connectivity index (χ0) is 25.2. The van der Waals surface area contributed by atoms with Crippen molar-refractivity contribution in [2.75, 3.05) is 0 Å². The fourth-order valence-electron chi connectivity index (χ4n) is 4.18. The maximum absolute atomic E-state index is 6.60. The second-order valence-corrected chi connectivity index (χ2v) is 39.2. The highest BCUT2D eigenvalue weighted by Crippen LogP contribution is 2.28. The van der Waals surface area contributed by atoms with Crippen LogP contribution in [0.5, 0.6) is 0 Å². The summed E-state index contributed by atoms with van der Waals surface area (Å²) >= 11 is 0. The molecule has 0 aliphatic rings. The average molecular weight is 579 g/mol. The quantitative estimate of drug-likeness (QED) is 0.260. The maximum atomic E-state index is 6.60. The minimum Gasteiger partial charge on any atom is -0.442 e. The van der Waals surface area contributed by atoms with Crippen molar-refractivity contribution in [3.8, 4) is 0 Å². The molecule has 0 N–H and O–H groups in total. The largest absolute Gasteiger partial charge is 0.442 e. The summed E-state index contributed by atoms with van der Waals surface area (Å²) in [5, 5.41) is 0. The van der Waals surface area contributed by atoms with E-state index in [-0.39, 0.29) is 0 Å². The van der Waals surface area contributed by atoms with Crippen LogP contribution in [0.25, 0.3) is 0 Å². The lowest BCUT2D eigenvalue weighted by molar-refractivity contribution is 0.266. The molecule has 0 saturated heterocycles. The maximum Gasteiger partial charge on any atom is 0.314 e. The predicted molar refractivity (Wildman–Crippen MR) is 150 cm³/mol. The number of rotatable bonds is 14. The summed E-state index contributed by atoms with van der Waals surface area (Å²) in [5.74, 6) is 0. The molecule has 15 heteroatoms. The van der Waals surface area contributed by atoms with Gasteiger partial charge in [0.2, 0.25) is 0 Å². The van der Waals surface area contributed by atoms with Crippen LogP contribution in [0.2, 0.25) is 105 Å². The molecule has 7 nitrogen and oxygen atoms in total. The Morgan fingerprint density at radius 2 is 0.581 bits per heavy atom. The van der Waals surface area contributed by atoms with Crippen molar-refractivity contribution >= 4 is 69.4 Å². The van der Waals surface area contributed by atoms with E-state index < -0.39 is 69.4 Å². The molecule has 31 heavy (non-hydrogen) atoms. The molecule has 0 unspecified atom stereocenters. The molecule has 0 aromatic carbocycles. The van der Waals surface area contributed by atoms with Crippen molar-refractivity contribution in [2.45, 2.75) is 105 Å². The summed E-state index contributed by atoms with van der Waals surface area (Å²) in [6.45, 7) is 33.8. The van der Waals surface area contributed by atoms with E-state index >= 15 is 0 Å². The van der Waals surface area contributed by atoms with Gasteiger partial charge in [-0.25, -0.2) is 0 Å². The summed E-state index contributed by atoms with van der Waals surface area (Å²) in [6.07, 6.45) is 0.